The summed E-state index contributed by atoms with van der Waals surface area (Å²) in [6.07, 6.45) is 4.30. The summed E-state index contributed by atoms with van der Waals surface area (Å²) in [6, 6.07) is 4.77. The highest BCUT2D eigenvalue weighted by molar-refractivity contribution is 5.46. The van der Waals surface area contributed by atoms with E-state index in [0.29, 0.717) is 18.8 Å². The molecule has 3 nitrogen and oxygen atoms in total. The number of halogens is 1. The fraction of sp³-hybridized carbons (Fsp3) is 0.647. The molecule has 1 saturated carbocycles. The fourth-order valence-corrected chi connectivity index (χ4v) is 2.78. The van der Waals surface area contributed by atoms with Crippen LogP contribution in [0.25, 0.3) is 0 Å². The average molecular weight is 295 g/mol. The van der Waals surface area contributed by atoms with Crippen LogP contribution in [0.2, 0.25) is 0 Å². The fourth-order valence-electron chi connectivity index (χ4n) is 2.78. The van der Waals surface area contributed by atoms with Gasteiger partial charge in [0.1, 0.15) is 5.82 Å². The Morgan fingerprint density at radius 3 is 2.67 bits per heavy atom. The molecule has 0 radical (unpaired) electrons. The molecule has 1 aliphatic rings. The molecule has 0 bridgehead atoms. The molecule has 4 heteroatoms. The van der Waals surface area contributed by atoms with Gasteiger partial charge in [0, 0.05) is 12.2 Å². The molecule has 21 heavy (non-hydrogen) atoms. The smallest absolute Gasteiger partial charge is 0.125 e. The van der Waals surface area contributed by atoms with Gasteiger partial charge in [-0.3, -0.25) is 0 Å². The molecule has 118 valence electrons. The third-order valence-corrected chi connectivity index (χ3v) is 4.07. The van der Waals surface area contributed by atoms with Crippen molar-refractivity contribution in [3.05, 3.63) is 29.6 Å². The molecule has 2 rings (SSSR count). The molecule has 1 aromatic carbocycles. The molecule has 0 heterocycles. The highest BCUT2D eigenvalue weighted by Gasteiger charge is 2.19. The zero-order valence-electron chi connectivity index (χ0n) is 12.9. The maximum atomic E-state index is 13.2. The maximum absolute atomic E-state index is 13.2. The molecule has 1 unspecified atom stereocenters. The lowest BCUT2D eigenvalue weighted by Gasteiger charge is -2.27. The molecule has 1 atom stereocenters. The van der Waals surface area contributed by atoms with Gasteiger partial charge in [-0.15, -0.1) is 0 Å². The first kappa shape index (κ1) is 16.2. The third-order valence-electron chi connectivity index (χ3n) is 4.07. The number of hydrogen-bond acceptors (Lipinski definition) is 3. The normalized spacial score (nSPS) is 23.8. The zero-order chi connectivity index (χ0) is 15.2. The Balaban J connectivity index is 1.68. The van der Waals surface area contributed by atoms with Crippen LogP contribution in [-0.4, -0.2) is 30.5 Å². The molecule has 1 fully saturated rings. The lowest BCUT2D eigenvalue weighted by molar-refractivity contribution is -0.0245. The van der Waals surface area contributed by atoms with Crippen molar-refractivity contribution >= 4 is 5.69 Å². The van der Waals surface area contributed by atoms with Crippen molar-refractivity contribution in [2.24, 2.45) is 5.92 Å². The number of anilines is 1. The average Bonchev–Trinajstić information content (AvgIpc) is 2.43. The van der Waals surface area contributed by atoms with E-state index < -0.39 is 6.10 Å². The van der Waals surface area contributed by atoms with Crippen LogP contribution in [0.3, 0.4) is 0 Å². The number of benzene rings is 1. The molecule has 0 amide bonds. The molecule has 0 aromatic heterocycles. The maximum Gasteiger partial charge on any atom is 0.125 e. The lowest BCUT2D eigenvalue weighted by Crippen LogP contribution is -2.29. The Labute approximate surface area is 126 Å². The van der Waals surface area contributed by atoms with Gasteiger partial charge in [-0.1, -0.05) is 6.92 Å². The summed E-state index contributed by atoms with van der Waals surface area (Å²) in [5, 5.41) is 13.0. The van der Waals surface area contributed by atoms with E-state index in [9.17, 15) is 9.50 Å². The molecule has 0 aliphatic heterocycles. The number of aliphatic hydroxyl groups is 1. The van der Waals surface area contributed by atoms with Crippen molar-refractivity contribution in [3.8, 4) is 0 Å². The summed E-state index contributed by atoms with van der Waals surface area (Å²) in [6.45, 7) is 4.82. The van der Waals surface area contributed by atoms with Crippen LogP contribution in [-0.2, 0) is 4.74 Å². The van der Waals surface area contributed by atoms with Crippen LogP contribution in [0.4, 0.5) is 10.1 Å². The van der Waals surface area contributed by atoms with Gasteiger partial charge in [-0.2, -0.15) is 0 Å². The summed E-state index contributed by atoms with van der Waals surface area (Å²) < 4.78 is 19.0. The van der Waals surface area contributed by atoms with Crippen LogP contribution < -0.4 is 5.32 Å². The van der Waals surface area contributed by atoms with Gasteiger partial charge in [-0.25, -0.2) is 4.39 Å². The third kappa shape index (κ3) is 5.64. The summed E-state index contributed by atoms with van der Waals surface area (Å²) in [5.74, 6) is 0.534. The van der Waals surface area contributed by atoms with E-state index in [1.54, 1.807) is 0 Å². The first-order chi connectivity index (χ1) is 10.0. The van der Waals surface area contributed by atoms with E-state index >= 15 is 0 Å². The molecule has 1 aromatic rings. The minimum Gasteiger partial charge on any atom is -0.389 e. The summed E-state index contributed by atoms with van der Waals surface area (Å²) in [4.78, 5) is 0. The number of aryl methyl sites for hydroxylation is 1. The van der Waals surface area contributed by atoms with Crippen LogP contribution in [0.15, 0.2) is 18.2 Å². The van der Waals surface area contributed by atoms with E-state index in [-0.39, 0.29) is 11.9 Å². The van der Waals surface area contributed by atoms with E-state index in [4.69, 9.17) is 4.74 Å². The predicted molar refractivity (Wildman–Crippen MR) is 83.0 cm³/mol. The number of ether oxygens (including phenoxy) is 1. The summed E-state index contributed by atoms with van der Waals surface area (Å²) in [7, 11) is 0. The van der Waals surface area contributed by atoms with E-state index in [0.717, 1.165) is 24.3 Å². The standard InChI is InChI=1S/C17H26FNO2/c1-12-3-5-17(6-4-12)21-11-16(20)10-19-15-8-13(2)7-14(18)9-15/h7-9,12,16-17,19-20H,3-6,10-11H2,1-2H3. The van der Waals surface area contributed by atoms with Crippen LogP contribution in [0.1, 0.15) is 38.2 Å². The van der Waals surface area contributed by atoms with Crippen molar-refractivity contribution in [1.82, 2.24) is 0 Å². The molecular formula is C17H26FNO2. The van der Waals surface area contributed by atoms with Gasteiger partial charge in [0.05, 0.1) is 18.8 Å². The quantitative estimate of drug-likeness (QED) is 0.844. The van der Waals surface area contributed by atoms with E-state index in [2.05, 4.69) is 12.2 Å². The van der Waals surface area contributed by atoms with Gasteiger partial charge in [0.15, 0.2) is 0 Å². The van der Waals surface area contributed by atoms with Gasteiger partial charge in [-0.05, 0) is 62.3 Å². The Kier molecular flexibility index (Phi) is 6.00. The van der Waals surface area contributed by atoms with Gasteiger partial charge in [0.25, 0.3) is 0 Å². The first-order valence-electron chi connectivity index (χ1n) is 7.83. The van der Waals surface area contributed by atoms with Crippen molar-refractivity contribution in [1.29, 1.82) is 0 Å². The second-order valence-electron chi connectivity index (χ2n) is 6.27. The number of nitrogens with one attached hydrogen (secondary N) is 1. The monoisotopic (exact) mass is 295 g/mol. The highest BCUT2D eigenvalue weighted by atomic mass is 19.1. The largest absolute Gasteiger partial charge is 0.389 e. The number of rotatable bonds is 6. The van der Waals surface area contributed by atoms with Gasteiger partial charge >= 0.3 is 0 Å². The van der Waals surface area contributed by atoms with Crippen molar-refractivity contribution < 1.29 is 14.2 Å². The van der Waals surface area contributed by atoms with E-state index in [1.165, 1.54) is 25.0 Å². The lowest BCUT2D eigenvalue weighted by atomic mass is 9.89. The van der Waals surface area contributed by atoms with Crippen LogP contribution >= 0.6 is 0 Å². The molecular weight excluding hydrogens is 269 g/mol. The molecule has 0 spiro atoms. The molecule has 2 N–H and O–H groups in total. The second-order valence-corrected chi connectivity index (χ2v) is 6.27. The minimum absolute atomic E-state index is 0.264. The zero-order valence-corrected chi connectivity index (χ0v) is 12.9. The summed E-state index contributed by atoms with van der Waals surface area (Å²) in [5.41, 5.74) is 1.55. The van der Waals surface area contributed by atoms with Crippen molar-refractivity contribution in [3.63, 3.8) is 0 Å². The second kappa shape index (κ2) is 7.76. The number of hydrogen-bond donors (Lipinski definition) is 2. The van der Waals surface area contributed by atoms with Gasteiger partial charge < -0.3 is 15.2 Å². The van der Waals surface area contributed by atoms with Crippen LogP contribution in [0.5, 0.6) is 0 Å². The Morgan fingerprint density at radius 1 is 1.29 bits per heavy atom. The predicted octanol–water partition coefficient (Wildman–Crippen LogP) is 3.50. The SMILES string of the molecule is Cc1cc(F)cc(NCC(O)COC2CCC(C)CC2)c1. The van der Waals surface area contributed by atoms with E-state index in [1.807, 2.05) is 13.0 Å². The number of aliphatic hydroxyl groups excluding tert-OH is 1. The Bertz CT molecular complexity index is 424. The van der Waals surface area contributed by atoms with Gasteiger partial charge in [0.2, 0.25) is 0 Å². The Morgan fingerprint density at radius 2 is 2.00 bits per heavy atom. The van der Waals surface area contributed by atoms with Crippen molar-refractivity contribution in [2.75, 3.05) is 18.5 Å². The van der Waals surface area contributed by atoms with Crippen molar-refractivity contribution in [2.45, 2.75) is 51.7 Å². The minimum atomic E-state index is -0.576. The Hall–Kier alpha value is -1.13. The summed E-state index contributed by atoms with van der Waals surface area (Å²) >= 11 is 0. The molecule has 0 saturated heterocycles. The topological polar surface area (TPSA) is 41.5 Å². The highest BCUT2D eigenvalue weighted by Crippen LogP contribution is 2.25. The van der Waals surface area contributed by atoms with Crippen LogP contribution in [0, 0.1) is 18.7 Å². The molecule has 1 aliphatic carbocycles. The first-order valence-corrected chi connectivity index (χ1v) is 7.83.